The fraction of sp³-hybridized carbons (Fsp3) is 0.235. The van der Waals surface area contributed by atoms with Crippen molar-refractivity contribution in [2.24, 2.45) is 0 Å². The topological polar surface area (TPSA) is 30.3 Å². The van der Waals surface area contributed by atoms with Gasteiger partial charge in [-0.15, -0.1) is 0 Å². The first-order chi connectivity index (χ1) is 9.70. The molecule has 0 atom stereocenters. The Balaban J connectivity index is 2.06. The van der Waals surface area contributed by atoms with Gasteiger partial charge in [-0.1, -0.05) is 12.1 Å². The highest BCUT2D eigenvalue weighted by atomic mass is 15.3. The van der Waals surface area contributed by atoms with Crippen LogP contribution in [0.4, 0.5) is 17.1 Å². The molecule has 0 unspecified atom stereocenters. The van der Waals surface area contributed by atoms with Gasteiger partial charge in [0.1, 0.15) is 0 Å². The van der Waals surface area contributed by atoms with Crippen molar-refractivity contribution in [2.75, 3.05) is 29.9 Å². The van der Waals surface area contributed by atoms with E-state index >= 15 is 0 Å². The summed E-state index contributed by atoms with van der Waals surface area (Å²) in [6, 6.07) is 16.7. The van der Waals surface area contributed by atoms with Crippen LogP contribution in [-0.2, 0) is 0 Å². The first-order valence-electron chi connectivity index (χ1n) is 6.79. The number of benzene rings is 2. The minimum atomic E-state index is 0.746. The lowest BCUT2D eigenvalue weighted by Crippen LogP contribution is -2.36. The minimum Gasteiger partial charge on any atom is -0.371 e. The number of fused-ring (bicyclic) bond motifs is 1. The molecule has 2 aromatic carbocycles. The van der Waals surface area contributed by atoms with Crippen LogP contribution < -0.4 is 9.80 Å². The number of nitriles is 1. The summed E-state index contributed by atoms with van der Waals surface area (Å²) in [5, 5.41) is 9.04. The van der Waals surface area contributed by atoms with E-state index in [4.69, 9.17) is 5.26 Å². The van der Waals surface area contributed by atoms with Crippen molar-refractivity contribution >= 4 is 17.1 Å². The molecule has 0 saturated carbocycles. The molecular formula is C17H17N3. The van der Waals surface area contributed by atoms with Crippen LogP contribution in [0.25, 0.3) is 0 Å². The Labute approximate surface area is 119 Å². The Morgan fingerprint density at radius 1 is 1.05 bits per heavy atom. The summed E-state index contributed by atoms with van der Waals surface area (Å²) in [7, 11) is 2.13. The lowest BCUT2D eigenvalue weighted by molar-refractivity contribution is 0.822. The number of likely N-dealkylation sites (N-methyl/N-ethyl adjacent to an activating group) is 1. The summed E-state index contributed by atoms with van der Waals surface area (Å²) >= 11 is 0. The van der Waals surface area contributed by atoms with Crippen LogP contribution in [0.15, 0.2) is 42.5 Å². The van der Waals surface area contributed by atoms with E-state index in [0.29, 0.717) is 0 Å². The van der Waals surface area contributed by atoms with Crippen molar-refractivity contribution in [3.05, 3.63) is 53.6 Å². The molecule has 3 rings (SSSR count). The number of para-hydroxylation sites is 2. The average Bonchev–Trinajstić information content (AvgIpc) is 2.48. The van der Waals surface area contributed by atoms with Gasteiger partial charge in [0.05, 0.1) is 23.0 Å². The number of rotatable bonds is 1. The third-order valence-electron chi connectivity index (χ3n) is 3.88. The van der Waals surface area contributed by atoms with Gasteiger partial charge in [-0.2, -0.15) is 5.26 Å². The molecule has 0 fully saturated rings. The molecule has 0 amide bonds. The standard InChI is InChI=1S/C17H17N3/c1-13-11-15(8-7-14(13)12-18)20-10-9-19(2)16-5-3-4-6-17(16)20/h3-8,11H,9-10H2,1-2H3. The molecule has 0 aromatic heterocycles. The zero-order chi connectivity index (χ0) is 14.1. The van der Waals surface area contributed by atoms with Crippen molar-refractivity contribution in [1.29, 1.82) is 5.26 Å². The molecule has 3 nitrogen and oxygen atoms in total. The van der Waals surface area contributed by atoms with Crippen LogP contribution in [0, 0.1) is 18.3 Å². The van der Waals surface area contributed by atoms with Gasteiger partial charge in [0.15, 0.2) is 0 Å². The molecule has 20 heavy (non-hydrogen) atoms. The van der Waals surface area contributed by atoms with E-state index in [1.165, 1.54) is 11.4 Å². The van der Waals surface area contributed by atoms with Gasteiger partial charge in [0.2, 0.25) is 0 Å². The van der Waals surface area contributed by atoms with Crippen LogP contribution in [0.1, 0.15) is 11.1 Å². The lowest BCUT2D eigenvalue weighted by atomic mass is 10.1. The summed E-state index contributed by atoms with van der Waals surface area (Å²) < 4.78 is 0. The molecular weight excluding hydrogens is 246 g/mol. The van der Waals surface area contributed by atoms with Gasteiger partial charge in [-0.3, -0.25) is 0 Å². The third kappa shape index (κ3) is 2.00. The quantitative estimate of drug-likeness (QED) is 0.789. The van der Waals surface area contributed by atoms with Gasteiger partial charge in [0, 0.05) is 25.8 Å². The van der Waals surface area contributed by atoms with Crippen LogP contribution >= 0.6 is 0 Å². The third-order valence-corrected chi connectivity index (χ3v) is 3.88. The molecule has 0 bridgehead atoms. The van der Waals surface area contributed by atoms with Crippen molar-refractivity contribution < 1.29 is 0 Å². The van der Waals surface area contributed by atoms with Crippen LogP contribution in [0.5, 0.6) is 0 Å². The summed E-state index contributed by atoms with van der Waals surface area (Å²) in [4.78, 5) is 4.60. The van der Waals surface area contributed by atoms with Crippen molar-refractivity contribution in [1.82, 2.24) is 0 Å². The van der Waals surface area contributed by atoms with Crippen LogP contribution in [0.3, 0.4) is 0 Å². The van der Waals surface area contributed by atoms with E-state index < -0.39 is 0 Å². The average molecular weight is 263 g/mol. The second kappa shape index (κ2) is 4.90. The zero-order valence-electron chi connectivity index (χ0n) is 11.8. The maximum Gasteiger partial charge on any atom is 0.0994 e. The monoisotopic (exact) mass is 263 g/mol. The Hall–Kier alpha value is -2.47. The van der Waals surface area contributed by atoms with E-state index in [1.54, 1.807) is 0 Å². The second-order valence-electron chi connectivity index (χ2n) is 5.17. The molecule has 0 aliphatic carbocycles. The molecule has 100 valence electrons. The van der Waals surface area contributed by atoms with Gasteiger partial charge in [-0.25, -0.2) is 0 Å². The normalized spacial score (nSPS) is 13.8. The molecule has 2 aromatic rings. The fourth-order valence-corrected chi connectivity index (χ4v) is 2.72. The summed E-state index contributed by atoms with van der Waals surface area (Å²) in [6.45, 7) is 3.94. The maximum absolute atomic E-state index is 9.04. The van der Waals surface area contributed by atoms with Gasteiger partial charge in [0.25, 0.3) is 0 Å². The maximum atomic E-state index is 9.04. The van der Waals surface area contributed by atoms with Crippen LogP contribution in [0.2, 0.25) is 0 Å². The molecule has 0 radical (unpaired) electrons. The number of hydrogen-bond donors (Lipinski definition) is 0. The van der Waals surface area contributed by atoms with Crippen molar-refractivity contribution in [2.45, 2.75) is 6.92 Å². The molecule has 0 saturated heterocycles. The number of anilines is 3. The Morgan fingerprint density at radius 3 is 2.50 bits per heavy atom. The summed E-state index contributed by atoms with van der Waals surface area (Å²) in [6.07, 6.45) is 0. The lowest BCUT2D eigenvalue weighted by Gasteiger charge is -2.37. The Kier molecular flexibility index (Phi) is 3.08. The SMILES string of the molecule is Cc1cc(N2CCN(C)c3ccccc32)ccc1C#N. The number of hydrogen-bond acceptors (Lipinski definition) is 3. The van der Waals surface area contributed by atoms with Crippen molar-refractivity contribution in [3.63, 3.8) is 0 Å². The van der Waals surface area contributed by atoms with E-state index in [2.05, 4.69) is 53.2 Å². The molecule has 0 spiro atoms. The zero-order valence-corrected chi connectivity index (χ0v) is 11.8. The molecule has 1 heterocycles. The summed E-state index contributed by atoms with van der Waals surface area (Å²) in [5.41, 5.74) is 5.41. The second-order valence-corrected chi connectivity index (χ2v) is 5.17. The van der Waals surface area contributed by atoms with Crippen molar-refractivity contribution in [3.8, 4) is 6.07 Å². The highest BCUT2D eigenvalue weighted by Gasteiger charge is 2.21. The van der Waals surface area contributed by atoms with Gasteiger partial charge < -0.3 is 9.80 Å². The number of nitrogens with zero attached hydrogens (tertiary/aromatic N) is 3. The Morgan fingerprint density at radius 2 is 1.80 bits per heavy atom. The highest BCUT2D eigenvalue weighted by molar-refractivity contribution is 5.79. The van der Waals surface area contributed by atoms with Gasteiger partial charge in [-0.05, 0) is 42.8 Å². The molecule has 3 heteroatoms. The summed E-state index contributed by atoms with van der Waals surface area (Å²) in [5.74, 6) is 0. The minimum absolute atomic E-state index is 0.746. The molecule has 1 aliphatic rings. The molecule has 0 N–H and O–H groups in total. The van der Waals surface area contributed by atoms with Gasteiger partial charge >= 0.3 is 0 Å². The van der Waals surface area contributed by atoms with Crippen LogP contribution in [-0.4, -0.2) is 20.1 Å². The smallest absolute Gasteiger partial charge is 0.0994 e. The number of aryl methyl sites for hydroxylation is 1. The predicted molar refractivity (Wildman–Crippen MR) is 82.6 cm³/mol. The first-order valence-corrected chi connectivity index (χ1v) is 6.79. The molecule has 1 aliphatic heterocycles. The highest BCUT2D eigenvalue weighted by Crippen LogP contribution is 2.37. The van der Waals surface area contributed by atoms with E-state index in [9.17, 15) is 0 Å². The van der Waals surface area contributed by atoms with E-state index in [1.807, 2.05) is 19.1 Å². The Bertz CT molecular complexity index is 685. The fourth-order valence-electron chi connectivity index (χ4n) is 2.72. The van der Waals surface area contributed by atoms with E-state index in [-0.39, 0.29) is 0 Å². The van der Waals surface area contributed by atoms with E-state index in [0.717, 1.165) is 29.9 Å². The first kappa shape index (κ1) is 12.6. The predicted octanol–water partition coefficient (Wildman–Crippen LogP) is 3.45. The largest absolute Gasteiger partial charge is 0.371 e.